The van der Waals surface area contributed by atoms with Crippen LogP contribution in [0.2, 0.25) is 0 Å². The number of piperazine rings is 1. The Kier molecular flexibility index (Phi) is 6.45. The van der Waals surface area contributed by atoms with E-state index in [1.54, 1.807) is 23.7 Å². The Morgan fingerprint density at radius 3 is 2.67 bits per heavy atom. The average Bonchev–Trinajstić information content (AvgIpc) is 3.48. The van der Waals surface area contributed by atoms with Crippen LogP contribution in [0, 0.1) is 0 Å². The van der Waals surface area contributed by atoms with Gasteiger partial charge in [-0.1, -0.05) is 24.3 Å². The van der Waals surface area contributed by atoms with Crippen molar-refractivity contribution in [2.24, 2.45) is 5.73 Å². The fourth-order valence-corrected chi connectivity index (χ4v) is 4.77. The number of benzene rings is 1. The van der Waals surface area contributed by atoms with Gasteiger partial charge in [-0.2, -0.15) is 0 Å². The summed E-state index contributed by atoms with van der Waals surface area (Å²) in [4.78, 5) is 57.1. The quantitative estimate of drug-likeness (QED) is 0.502. The molecule has 1 saturated heterocycles. The lowest BCUT2D eigenvalue weighted by atomic mass is 10.0. The number of carbonyl (C=O) groups is 4. The summed E-state index contributed by atoms with van der Waals surface area (Å²) in [6.07, 6.45) is 1.99. The Morgan fingerprint density at radius 1 is 1.18 bits per heavy atom. The lowest BCUT2D eigenvalue weighted by Crippen LogP contribution is -2.63. The number of primary amides is 1. The number of thiophene rings is 1. The molecule has 0 saturated carbocycles. The number of aromatic amines is 1. The van der Waals surface area contributed by atoms with E-state index in [4.69, 9.17) is 5.73 Å². The second-order valence-electron chi connectivity index (χ2n) is 7.98. The highest BCUT2D eigenvalue weighted by molar-refractivity contribution is 7.12. The summed E-state index contributed by atoms with van der Waals surface area (Å²) in [7, 11) is 0. The Morgan fingerprint density at radius 2 is 1.97 bits per heavy atom. The summed E-state index contributed by atoms with van der Waals surface area (Å²) < 4.78 is 0. The lowest BCUT2D eigenvalue weighted by molar-refractivity contribution is -0.137. The molecule has 3 aromatic rings. The summed E-state index contributed by atoms with van der Waals surface area (Å²) in [5.41, 5.74) is 7.37. The number of nitrogens with two attached hydrogens (primary N) is 1. The van der Waals surface area contributed by atoms with Gasteiger partial charge in [-0.15, -0.1) is 11.3 Å². The van der Waals surface area contributed by atoms with Gasteiger partial charge in [0, 0.05) is 43.5 Å². The predicted octanol–water partition coefficient (Wildman–Crippen LogP) is 1.12. The first-order valence-electron chi connectivity index (χ1n) is 10.6. The zero-order valence-electron chi connectivity index (χ0n) is 18.1. The third-order valence-electron chi connectivity index (χ3n) is 5.88. The number of hydrogen-bond acceptors (Lipinski definition) is 5. The van der Waals surface area contributed by atoms with Gasteiger partial charge in [0.15, 0.2) is 0 Å². The fourth-order valence-electron chi connectivity index (χ4n) is 4.09. The van der Waals surface area contributed by atoms with Crippen LogP contribution in [-0.4, -0.2) is 70.1 Å². The number of fused-ring (bicyclic) bond motifs is 1. The van der Waals surface area contributed by atoms with E-state index < -0.39 is 23.9 Å². The van der Waals surface area contributed by atoms with Crippen LogP contribution in [0.3, 0.4) is 0 Å². The van der Waals surface area contributed by atoms with Gasteiger partial charge in [0.05, 0.1) is 11.4 Å². The van der Waals surface area contributed by atoms with Crippen molar-refractivity contribution in [3.63, 3.8) is 0 Å². The van der Waals surface area contributed by atoms with E-state index in [-0.39, 0.29) is 31.3 Å². The highest BCUT2D eigenvalue weighted by atomic mass is 32.1. The van der Waals surface area contributed by atoms with Crippen molar-refractivity contribution >= 4 is 45.9 Å². The SMILES string of the molecule is CC(=O)N1CCN(C(=O)c2cccs2)[C@H](C(=O)N[C@H](Cc2c[nH]c3ccccc23)C(N)=O)C1. The lowest BCUT2D eigenvalue weighted by Gasteiger charge is -2.40. The Bertz CT molecular complexity index is 1190. The zero-order valence-corrected chi connectivity index (χ0v) is 18.9. The normalized spacial score (nSPS) is 17.1. The van der Waals surface area contributed by atoms with Crippen LogP contribution in [0.15, 0.2) is 48.0 Å². The molecule has 1 fully saturated rings. The van der Waals surface area contributed by atoms with E-state index in [0.717, 1.165) is 16.5 Å². The van der Waals surface area contributed by atoms with E-state index in [1.165, 1.54) is 28.1 Å². The Hall–Kier alpha value is -3.66. The molecule has 0 radical (unpaired) electrons. The molecule has 0 aliphatic carbocycles. The molecule has 172 valence electrons. The first-order chi connectivity index (χ1) is 15.8. The number of carbonyl (C=O) groups excluding carboxylic acids is 4. The maximum Gasteiger partial charge on any atom is 0.264 e. The van der Waals surface area contributed by atoms with Crippen molar-refractivity contribution in [3.8, 4) is 0 Å². The molecule has 2 aromatic heterocycles. The van der Waals surface area contributed by atoms with Crippen LogP contribution >= 0.6 is 11.3 Å². The number of rotatable bonds is 6. The monoisotopic (exact) mass is 467 g/mol. The van der Waals surface area contributed by atoms with Crippen LogP contribution in [0.25, 0.3) is 10.9 Å². The minimum absolute atomic E-state index is 0.0524. The number of para-hydroxylation sites is 1. The average molecular weight is 468 g/mol. The van der Waals surface area contributed by atoms with Crippen LogP contribution in [0.5, 0.6) is 0 Å². The molecule has 0 bridgehead atoms. The molecule has 3 heterocycles. The number of aromatic nitrogens is 1. The maximum absolute atomic E-state index is 13.3. The topological polar surface area (TPSA) is 129 Å². The van der Waals surface area contributed by atoms with Gasteiger partial charge >= 0.3 is 0 Å². The molecule has 4 rings (SSSR count). The third kappa shape index (κ3) is 4.75. The summed E-state index contributed by atoms with van der Waals surface area (Å²) >= 11 is 1.29. The van der Waals surface area contributed by atoms with Crippen molar-refractivity contribution in [1.82, 2.24) is 20.1 Å². The molecular formula is C23H25N5O4S. The molecular weight excluding hydrogens is 442 g/mol. The first-order valence-corrected chi connectivity index (χ1v) is 11.5. The van der Waals surface area contributed by atoms with Gasteiger partial charge in [-0.05, 0) is 23.1 Å². The largest absolute Gasteiger partial charge is 0.368 e. The minimum atomic E-state index is -0.969. The second-order valence-corrected chi connectivity index (χ2v) is 8.93. The maximum atomic E-state index is 13.3. The molecule has 4 N–H and O–H groups in total. The zero-order chi connectivity index (χ0) is 23.5. The summed E-state index contributed by atoms with van der Waals surface area (Å²) in [6.45, 7) is 2.04. The van der Waals surface area contributed by atoms with Gasteiger partial charge in [0.25, 0.3) is 5.91 Å². The van der Waals surface area contributed by atoms with Crippen LogP contribution in [0.1, 0.15) is 22.2 Å². The summed E-state index contributed by atoms with van der Waals surface area (Å²) in [5, 5.41) is 5.45. The third-order valence-corrected chi connectivity index (χ3v) is 6.74. The molecule has 1 aromatic carbocycles. The molecule has 0 spiro atoms. The molecule has 33 heavy (non-hydrogen) atoms. The molecule has 10 heteroatoms. The first kappa shape index (κ1) is 22.5. The Balaban J connectivity index is 1.55. The van der Waals surface area contributed by atoms with Gasteiger partial charge < -0.3 is 25.8 Å². The van der Waals surface area contributed by atoms with Crippen molar-refractivity contribution in [3.05, 3.63) is 58.4 Å². The van der Waals surface area contributed by atoms with Gasteiger partial charge in [0.1, 0.15) is 12.1 Å². The molecule has 2 atom stereocenters. The standard InChI is InChI=1S/C23H25N5O4S/c1-14(29)27-8-9-28(23(32)20-7-4-10-33-20)19(13-27)22(31)26-18(21(24)30)11-15-12-25-17-6-3-2-5-16(15)17/h2-7,10,12,18-19,25H,8-9,11,13H2,1H3,(H2,24,30)(H,26,31)/t18-,19+/m1/s1. The predicted molar refractivity (Wildman–Crippen MR) is 125 cm³/mol. The number of H-pyrrole nitrogens is 1. The van der Waals surface area contributed by atoms with Crippen molar-refractivity contribution in [1.29, 1.82) is 0 Å². The van der Waals surface area contributed by atoms with E-state index >= 15 is 0 Å². The summed E-state index contributed by atoms with van der Waals surface area (Å²) in [5.74, 6) is -1.65. The van der Waals surface area contributed by atoms with Gasteiger partial charge in [-0.3, -0.25) is 19.2 Å². The number of hydrogen-bond donors (Lipinski definition) is 3. The van der Waals surface area contributed by atoms with Crippen LogP contribution in [0.4, 0.5) is 0 Å². The highest BCUT2D eigenvalue weighted by Crippen LogP contribution is 2.21. The summed E-state index contributed by atoms with van der Waals surface area (Å²) in [6, 6.07) is 9.21. The van der Waals surface area contributed by atoms with Gasteiger partial charge in [0.2, 0.25) is 17.7 Å². The van der Waals surface area contributed by atoms with Crippen molar-refractivity contribution in [2.45, 2.75) is 25.4 Å². The second kappa shape index (κ2) is 9.45. The van der Waals surface area contributed by atoms with Crippen molar-refractivity contribution < 1.29 is 19.2 Å². The minimum Gasteiger partial charge on any atom is -0.368 e. The molecule has 0 unspecified atom stereocenters. The smallest absolute Gasteiger partial charge is 0.264 e. The number of nitrogens with zero attached hydrogens (tertiary/aromatic N) is 2. The number of nitrogens with one attached hydrogen (secondary N) is 2. The van der Waals surface area contributed by atoms with Crippen molar-refractivity contribution in [2.75, 3.05) is 19.6 Å². The van der Waals surface area contributed by atoms with E-state index in [9.17, 15) is 19.2 Å². The highest BCUT2D eigenvalue weighted by Gasteiger charge is 2.38. The van der Waals surface area contributed by atoms with E-state index in [1.807, 2.05) is 24.3 Å². The molecule has 1 aliphatic heterocycles. The van der Waals surface area contributed by atoms with Gasteiger partial charge in [-0.25, -0.2) is 0 Å². The number of amides is 4. The molecule has 4 amide bonds. The van der Waals surface area contributed by atoms with E-state index in [0.29, 0.717) is 11.4 Å². The van der Waals surface area contributed by atoms with E-state index in [2.05, 4.69) is 10.3 Å². The van der Waals surface area contributed by atoms with Crippen LogP contribution in [-0.2, 0) is 20.8 Å². The Labute approximate surface area is 194 Å². The fraction of sp³-hybridized carbons (Fsp3) is 0.304. The van der Waals surface area contributed by atoms with Crippen LogP contribution < -0.4 is 11.1 Å². The molecule has 9 nitrogen and oxygen atoms in total. The molecule has 1 aliphatic rings.